The zero-order valence-electron chi connectivity index (χ0n) is 15.0. The molecular weight excluding hydrogens is 365 g/mol. The summed E-state index contributed by atoms with van der Waals surface area (Å²) in [6.45, 7) is 6.32. The Morgan fingerprint density at radius 2 is 1.44 bits per heavy atom. The SMILES string of the molecule is Fc1cc(N2CCOCC2)cc2c1Nc1ccc(N3CCOCC3)cc1S2. The van der Waals surface area contributed by atoms with E-state index in [1.54, 1.807) is 17.8 Å². The van der Waals surface area contributed by atoms with Crippen molar-refractivity contribution in [1.82, 2.24) is 0 Å². The van der Waals surface area contributed by atoms with Gasteiger partial charge in [-0.2, -0.15) is 0 Å². The van der Waals surface area contributed by atoms with E-state index in [2.05, 4.69) is 33.3 Å². The van der Waals surface area contributed by atoms with E-state index in [1.165, 1.54) is 5.69 Å². The first-order valence-corrected chi connectivity index (χ1v) is 10.2. The van der Waals surface area contributed by atoms with Crippen LogP contribution in [-0.2, 0) is 9.47 Å². The van der Waals surface area contributed by atoms with Crippen molar-refractivity contribution in [2.75, 3.05) is 67.7 Å². The summed E-state index contributed by atoms with van der Waals surface area (Å²) < 4.78 is 25.7. The predicted octanol–water partition coefficient (Wildman–Crippen LogP) is 3.71. The third kappa shape index (κ3) is 3.35. The Hall–Kier alpha value is -1.96. The number of morpholine rings is 2. The summed E-state index contributed by atoms with van der Waals surface area (Å²) in [5.74, 6) is -0.204. The first kappa shape index (κ1) is 17.2. The molecule has 0 atom stereocenters. The number of anilines is 4. The summed E-state index contributed by atoms with van der Waals surface area (Å²) in [4.78, 5) is 6.59. The Kier molecular flexibility index (Phi) is 4.59. The highest BCUT2D eigenvalue weighted by Crippen LogP contribution is 2.47. The van der Waals surface area contributed by atoms with E-state index >= 15 is 0 Å². The monoisotopic (exact) mass is 387 g/mol. The molecule has 27 heavy (non-hydrogen) atoms. The van der Waals surface area contributed by atoms with Gasteiger partial charge in [0.25, 0.3) is 0 Å². The number of hydrogen-bond donors (Lipinski definition) is 1. The number of rotatable bonds is 2. The minimum absolute atomic E-state index is 0.204. The molecule has 0 spiro atoms. The lowest BCUT2D eigenvalue weighted by Crippen LogP contribution is -2.36. The Bertz CT molecular complexity index is 851. The number of nitrogens with one attached hydrogen (secondary N) is 1. The van der Waals surface area contributed by atoms with Gasteiger partial charge in [-0.25, -0.2) is 4.39 Å². The van der Waals surface area contributed by atoms with Crippen LogP contribution in [0.3, 0.4) is 0 Å². The molecule has 0 bridgehead atoms. The minimum Gasteiger partial charge on any atom is -0.378 e. The number of nitrogens with zero attached hydrogens (tertiary/aromatic N) is 2. The van der Waals surface area contributed by atoms with Crippen LogP contribution >= 0.6 is 11.8 Å². The summed E-state index contributed by atoms with van der Waals surface area (Å²) in [5.41, 5.74) is 3.66. The van der Waals surface area contributed by atoms with Gasteiger partial charge < -0.3 is 24.6 Å². The van der Waals surface area contributed by atoms with Crippen LogP contribution in [0, 0.1) is 5.82 Å². The second-order valence-electron chi connectivity index (χ2n) is 6.91. The lowest BCUT2D eigenvalue weighted by Gasteiger charge is -2.32. The van der Waals surface area contributed by atoms with Gasteiger partial charge in [-0.1, -0.05) is 11.8 Å². The van der Waals surface area contributed by atoms with E-state index in [9.17, 15) is 4.39 Å². The van der Waals surface area contributed by atoms with Gasteiger partial charge >= 0.3 is 0 Å². The van der Waals surface area contributed by atoms with E-state index in [0.29, 0.717) is 18.9 Å². The van der Waals surface area contributed by atoms with E-state index in [1.807, 2.05) is 6.07 Å². The molecule has 0 saturated carbocycles. The van der Waals surface area contributed by atoms with Crippen LogP contribution in [0.2, 0.25) is 0 Å². The number of fused-ring (bicyclic) bond motifs is 2. The van der Waals surface area contributed by atoms with Gasteiger partial charge in [0, 0.05) is 47.3 Å². The molecule has 2 aromatic carbocycles. The topological polar surface area (TPSA) is 37.0 Å². The summed E-state index contributed by atoms with van der Waals surface area (Å²) >= 11 is 1.63. The third-order valence-electron chi connectivity index (χ3n) is 5.24. The largest absolute Gasteiger partial charge is 0.378 e. The zero-order chi connectivity index (χ0) is 18.2. The maximum atomic E-state index is 14.8. The number of ether oxygens (including phenoxy) is 2. The first-order chi connectivity index (χ1) is 13.3. The zero-order valence-corrected chi connectivity index (χ0v) is 15.9. The highest BCUT2D eigenvalue weighted by Gasteiger charge is 2.23. The molecule has 3 aliphatic heterocycles. The van der Waals surface area contributed by atoms with Crippen LogP contribution in [0.25, 0.3) is 0 Å². The van der Waals surface area contributed by atoms with E-state index in [-0.39, 0.29) is 5.82 Å². The number of benzene rings is 2. The van der Waals surface area contributed by atoms with Crippen molar-refractivity contribution in [3.8, 4) is 0 Å². The molecule has 7 heteroatoms. The van der Waals surface area contributed by atoms with Gasteiger partial charge in [0.2, 0.25) is 0 Å². The highest BCUT2D eigenvalue weighted by atomic mass is 32.2. The fourth-order valence-electron chi connectivity index (χ4n) is 3.74. The molecular formula is C20H22FN3O2S. The molecule has 0 amide bonds. The Balaban J connectivity index is 1.44. The van der Waals surface area contributed by atoms with Gasteiger partial charge in [-0.05, 0) is 30.3 Å². The van der Waals surface area contributed by atoms with Gasteiger partial charge in [0.1, 0.15) is 5.82 Å². The van der Waals surface area contributed by atoms with Crippen LogP contribution < -0.4 is 15.1 Å². The van der Waals surface area contributed by atoms with Crippen molar-refractivity contribution < 1.29 is 13.9 Å². The van der Waals surface area contributed by atoms with E-state index < -0.39 is 0 Å². The standard InChI is InChI=1S/C20H22FN3O2S/c21-16-11-15(24-5-9-26-10-6-24)13-19-20(16)22-17-2-1-14(12-18(17)27-19)23-3-7-25-8-4-23/h1-2,11-13,22H,3-10H2. The summed E-state index contributed by atoms with van der Waals surface area (Å²) in [7, 11) is 0. The molecule has 2 saturated heterocycles. The lowest BCUT2D eigenvalue weighted by atomic mass is 10.2. The third-order valence-corrected chi connectivity index (χ3v) is 6.34. The molecule has 3 aliphatic rings. The van der Waals surface area contributed by atoms with Crippen molar-refractivity contribution in [1.29, 1.82) is 0 Å². The Morgan fingerprint density at radius 3 is 2.15 bits per heavy atom. The quantitative estimate of drug-likeness (QED) is 0.723. The van der Waals surface area contributed by atoms with Gasteiger partial charge in [-0.15, -0.1) is 0 Å². The van der Waals surface area contributed by atoms with Crippen LogP contribution in [0.15, 0.2) is 40.1 Å². The molecule has 0 unspecified atom stereocenters. The maximum Gasteiger partial charge on any atom is 0.149 e. The van der Waals surface area contributed by atoms with Gasteiger partial charge in [-0.3, -0.25) is 0 Å². The molecule has 5 rings (SSSR count). The number of hydrogen-bond acceptors (Lipinski definition) is 6. The smallest absolute Gasteiger partial charge is 0.149 e. The minimum atomic E-state index is -0.204. The molecule has 2 aromatic rings. The van der Waals surface area contributed by atoms with Gasteiger partial charge in [0.05, 0.1) is 37.8 Å². The molecule has 3 heterocycles. The fourth-order valence-corrected chi connectivity index (χ4v) is 4.82. The Morgan fingerprint density at radius 1 is 0.815 bits per heavy atom. The van der Waals surface area contributed by atoms with Crippen molar-refractivity contribution in [2.24, 2.45) is 0 Å². The lowest BCUT2D eigenvalue weighted by molar-refractivity contribution is 0.122. The normalized spacial score (nSPS) is 19.3. The predicted molar refractivity (Wildman–Crippen MR) is 106 cm³/mol. The van der Waals surface area contributed by atoms with E-state index in [4.69, 9.17) is 9.47 Å². The number of halogens is 1. The molecule has 0 aliphatic carbocycles. The first-order valence-electron chi connectivity index (χ1n) is 9.36. The molecule has 1 N–H and O–H groups in total. The van der Waals surface area contributed by atoms with Crippen LogP contribution in [0.5, 0.6) is 0 Å². The summed E-state index contributed by atoms with van der Waals surface area (Å²) in [5, 5.41) is 3.29. The average molecular weight is 387 g/mol. The van der Waals surface area contributed by atoms with Crippen LogP contribution in [0.4, 0.5) is 27.1 Å². The van der Waals surface area contributed by atoms with Crippen molar-refractivity contribution in [2.45, 2.75) is 9.79 Å². The van der Waals surface area contributed by atoms with Crippen LogP contribution in [-0.4, -0.2) is 52.6 Å². The molecule has 142 valence electrons. The van der Waals surface area contributed by atoms with Crippen LogP contribution in [0.1, 0.15) is 0 Å². The highest BCUT2D eigenvalue weighted by molar-refractivity contribution is 7.99. The van der Waals surface area contributed by atoms with Gasteiger partial charge in [0.15, 0.2) is 0 Å². The van der Waals surface area contributed by atoms with E-state index in [0.717, 1.165) is 60.6 Å². The average Bonchev–Trinajstić information content (AvgIpc) is 2.73. The summed E-state index contributed by atoms with van der Waals surface area (Å²) in [6.07, 6.45) is 0. The van der Waals surface area contributed by atoms with Crippen molar-refractivity contribution >= 4 is 34.5 Å². The molecule has 5 nitrogen and oxygen atoms in total. The summed E-state index contributed by atoms with van der Waals surface area (Å²) in [6, 6.07) is 10.1. The molecule has 0 aromatic heterocycles. The fraction of sp³-hybridized carbons (Fsp3) is 0.400. The van der Waals surface area contributed by atoms with Crippen molar-refractivity contribution in [3.63, 3.8) is 0 Å². The van der Waals surface area contributed by atoms with Crippen molar-refractivity contribution in [3.05, 3.63) is 36.1 Å². The maximum absolute atomic E-state index is 14.8. The molecule has 0 radical (unpaired) electrons. The molecule has 2 fully saturated rings. The Labute approximate surface area is 162 Å². The second kappa shape index (κ2) is 7.22. The second-order valence-corrected chi connectivity index (χ2v) is 7.99.